The van der Waals surface area contributed by atoms with Gasteiger partial charge in [0.1, 0.15) is 5.60 Å². The Morgan fingerprint density at radius 1 is 1.07 bits per heavy atom. The quantitative estimate of drug-likeness (QED) is 0.613. The number of hydrogen-bond acceptors (Lipinski definition) is 3. The van der Waals surface area contributed by atoms with E-state index in [4.69, 9.17) is 4.74 Å². The standard InChI is InChI=1S/C25H38N2O2/c1-6-25(7-2)14-12-20(13-15-25)21-10-8-9-11-22(21)26-16-18-27(19-17-26)23(28)29-24(3,4)5/h8-12H,6-7,13-19H2,1-5H3. The predicted octanol–water partition coefficient (Wildman–Crippen LogP) is 6.12. The van der Waals surface area contributed by atoms with Crippen molar-refractivity contribution >= 4 is 17.4 Å². The van der Waals surface area contributed by atoms with E-state index in [9.17, 15) is 4.79 Å². The summed E-state index contributed by atoms with van der Waals surface area (Å²) < 4.78 is 5.54. The maximum absolute atomic E-state index is 12.4. The van der Waals surface area contributed by atoms with E-state index >= 15 is 0 Å². The molecule has 1 amide bonds. The molecule has 1 aromatic carbocycles. The molecule has 1 heterocycles. The predicted molar refractivity (Wildman–Crippen MR) is 121 cm³/mol. The second-order valence-corrected chi connectivity index (χ2v) is 9.61. The molecule has 4 heteroatoms. The molecule has 1 aliphatic heterocycles. The first-order valence-corrected chi connectivity index (χ1v) is 11.3. The molecule has 0 N–H and O–H groups in total. The van der Waals surface area contributed by atoms with Gasteiger partial charge in [0.25, 0.3) is 0 Å². The summed E-state index contributed by atoms with van der Waals surface area (Å²) in [5, 5.41) is 0. The van der Waals surface area contributed by atoms with Crippen molar-refractivity contribution in [2.24, 2.45) is 5.41 Å². The van der Waals surface area contributed by atoms with Gasteiger partial charge in [0.15, 0.2) is 0 Å². The fourth-order valence-corrected chi connectivity index (χ4v) is 4.56. The summed E-state index contributed by atoms with van der Waals surface area (Å²) in [6.45, 7) is 13.5. The summed E-state index contributed by atoms with van der Waals surface area (Å²) >= 11 is 0. The number of amides is 1. The molecule has 1 fully saturated rings. The Bertz CT molecular complexity index is 735. The van der Waals surface area contributed by atoms with E-state index in [-0.39, 0.29) is 6.09 Å². The van der Waals surface area contributed by atoms with Gasteiger partial charge in [0.05, 0.1) is 0 Å². The molecule has 1 aliphatic carbocycles. The van der Waals surface area contributed by atoms with Crippen LogP contribution in [0.5, 0.6) is 0 Å². The lowest BCUT2D eigenvalue weighted by Crippen LogP contribution is -2.50. The number of hydrogen-bond donors (Lipinski definition) is 0. The Kier molecular flexibility index (Phi) is 6.60. The van der Waals surface area contributed by atoms with E-state index < -0.39 is 5.60 Å². The normalized spacial score (nSPS) is 19.7. The van der Waals surface area contributed by atoms with Gasteiger partial charge < -0.3 is 14.5 Å². The highest BCUT2D eigenvalue weighted by atomic mass is 16.6. The number of rotatable bonds is 4. The lowest BCUT2D eigenvalue weighted by Gasteiger charge is -2.39. The summed E-state index contributed by atoms with van der Waals surface area (Å²) in [5.74, 6) is 0. The number of benzene rings is 1. The van der Waals surface area contributed by atoms with E-state index in [1.165, 1.54) is 42.5 Å². The van der Waals surface area contributed by atoms with Crippen molar-refractivity contribution in [2.75, 3.05) is 31.1 Å². The molecule has 1 aromatic rings. The Balaban J connectivity index is 1.70. The maximum atomic E-state index is 12.4. The molecule has 0 bridgehead atoms. The summed E-state index contributed by atoms with van der Waals surface area (Å²) in [5.41, 5.74) is 4.23. The number of allylic oxidation sites excluding steroid dienone is 2. The maximum Gasteiger partial charge on any atom is 0.410 e. The first kappa shape index (κ1) is 21.7. The second-order valence-electron chi connectivity index (χ2n) is 9.61. The lowest BCUT2D eigenvalue weighted by molar-refractivity contribution is 0.0240. The Labute approximate surface area is 176 Å². The van der Waals surface area contributed by atoms with Crippen molar-refractivity contribution in [3.05, 3.63) is 35.9 Å². The van der Waals surface area contributed by atoms with Crippen LogP contribution in [-0.4, -0.2) is 42.8 Å². The minimum atomic E-state index is -0.444. The van der Waals surface area contributed by atoms with E-state index in [1.54, 1.807) is 0 Å². The van der Waals surface area contributed by atoms with Crippen LogP contribution in [0.4, 0.5) is 10.5 Å². The van der Waals surface area contributed by atoms with Gasteiger partial charge in [0.2, 0.25) is 0 Å². The van der Waals surface area contributed by atoms with E-state index in [2.05, 4.69) is 49.1 Å². The molecule has 0 radical (unpaired) electrons. The molecule has 0 unspecified atom stereocenters. The van der Waals surface area contributed by atoms with Crippen molar-refractivity contribution in [3.63, 3.8) is 0 Å². The zero-order chi connectivity index (χ0) is 21.1. The molecule has 0 spiro atoms. The number of anilines is 1. The van der Waals surface area contributed by atoms with Crippen molar-refractivity contribution in [1.82, 2.24) is 4.90 Å². The van der Waals surface area contributed by atoms with Gasteiger partial charge in [-0.3, -0.25) is 0 Å². The summed E-state index contributed by atoms with van der Waals surface area (Å²) in [6, 6.07) is 8.79. The average Bonchev–Trinajstić information content (AvgIpc) is 2.73. The van der Waals surface area contributed by atoms with Gasteiger partial charge >= 0.3 is 6.09 Å². The third kappa shape index (κ3) is 5.15. The molecule has 0 atom stereocenters. The summed E-state index contributed by atoms with van der Waals surface area (Å²) in [6.07, 6.45) is 8.46. The molecular weight excluding hydrogens is 360 g/mol. The largest absolute Gasteiger partial charge is 0.444 e. The van der Waals surface area contributed by atoms with Gasteiger partial charge in [-0.1, -0.05) is 51.0 Å². The van der Waals surface area contributed by atoms with Gasteiger partial charge in [-0.15, -0.1) is 0 Å². The van der Waals surface area contributed by atoms with Crippen LogP contribution in [0, 0.1) is 5.41 Å². The van der Waals surface area contributed by atoms with Gasteiger partial charge in [0, 0.05) is 37.4 Å². The highest BCUT2D eigenvalue weighted by molar-refractivity contribution is 5.78. The first-order chi connectivity index (χ1) is 13.8. The van der Waals surface area contributed by atoms with Crippen molar-refractivity contribution < 1.29 is 9.53 Å². The minimum Gasteiger partial charge on any atom is -0.444 e. The van der Waals surface area contributed by atoms with E-state index in [0.717, 1.165) is 19.5 Å². The summed E-state index contributed by atoms with van der Waals surface area (Å²) in [7, 11) is 0. The van der Waals surface area contributed by atoms with Crippen LogP contribution in [0.3, 0.4) is 0 Å². The average molecular weight is 399 g/mol. The zero-order valence-electron chi connectivity index (χ0n) is 19.0. The van der Waals surface area contributed by atoms with E-state index in [1.807, 2.05) is 25.7 Å². The topological polar surface area (TPSA) is 32.8 Å². The smallest absolute Gasteiger partial charge is 0.410 e. The molecule has 3 rings (SSSR count). The number of carbonyl (C=O) groups is 1. The number of ether oxygens (including phenoxy) is 1. The highest BCUT2D eigenvalue weighted by Gasteiger charge is 2.30. The molecule has 1 saturated heterocycles. The molecule has 4 nitrogen and oxygen atoms in total. The molecule has 160 valence electrons. The number of carbonyl (C=O) groups excluding carboxylic acids is 1. The molecule has 0 aromatic heterocycles. The van der Waals surface area contributed by atoms with Gasteiger partial charge in [-0.25, -0.2) is 4.79 Å². The van der Waals surface area contributed by atoms with E-state index in [0.29, 0.717) is 18.5 Å². The fourth-order valence-electron chi connectivity index (χ4n) is 4.56. The SMILES string of the molecule is CCC1(CC)CC=C(c2ccccc2N2CCN(C(=O)OC(C)(C)C)CC2)CC1. The minimum absolute atomic E-state index is 0.198. The Hall–Kier alpha value is -1.97. The van der Waals surface area contributed by atoms with Gasteiger partial charge in [-0.05, 0) is 57.1 Å². The molecular formula is C25H38N2O2. The fraction of sp³-hybridized carbons (Fsp3) is 0.640. The van der Waals surface area contributed by atoms with Gasteiger partial charge in [-0.2, -0.15) is 0 Å². The number of nitrogens with zero attached hydrogens (tertiary/aromatic N) is 2. The van der Waals surface area contributed by atoms with Crippen molar-refractivity contribution in [2.45, 2.75) is 72.3 Å². The van der Waals surface area contributed by atoms with Crippen LogP contribution < -0.4 is 4.90 Å². The highest BCUT2D eigenvalue weighted by Crippen LogP contribution is 2.44. The van der Waals surface area contributed by atoms with Crippen LogP contribution in [-0.2, 0) is 4.74 Å². The van der Waals surface area contributed by atoms with Crippen LogP contribution in [0.15, 0.2) is 30.3 Å². The Morgan fingerprint density at radius 3 is 2.28 bits per heavy atom. The molecule has 29 heavy (non-hydrogen) atoms. The lowest BCUT2D eigenvalue weighted by atomic mass is 9.70. The van der Waals surface area contributed by atoms with Crippen LogP contribution in [0.1, 0.15) is 72.3 Å². The Morgan fingerprint density at radius 2 is 1.72 bits per heavy atom. The molecule has 0 saturated carbocycles. The summed E-state index contributed by atoms with van der Waals surface area (Å²) in [4.78, 5) is 16.6. The monoisotopic (exact) mass is 398 g/mol. The zero-order valence-corrected chi connectivity index (χ0v) is 19.0. The van der Waals surface area contributed by atoms with Crippen LogP contribution in [0.25, 0.3) is 5.57 Å². The third-order valence-corrected chi connectivity index (χ3v) is 6.73. The third-order valence-electron chi connectivity index (χ3n) is 6.73. The second kappa shape index (κ2) is 8.81. The molecule has 2 aliphatic rings. The van der Waals surface area contributed by atoms with Crippen LogP contribution in [0.2, 0.25) is 0 Å². The number of piperazine rings is 1. The number of para-hydroxylation sites is 1. The first-order valence-electron chi connectivity index (χ1n) is 11.3. The van der Waals surface area contributed by atoms with Crippen molar-refractivity contribution in [1.29, 1.82) is 0 Å². The van der Waals surface area contributed by atoms with Crippen molar-refractivity contribution in [3.8, 4) is 0 Å². The van der Waals surface area contributed by atoms with Crippen LogP contribution >= 0.6 is 0 Å².